The van der Waals surface area contributed by atoms with Crippen molar-refractivity contribution in [2.24, 2.45) is 0 Å². The molecule has 1 N–H and O–H groups in total. The van der Waals surface area contributed by atoms with Crippen LogP contribution < -0.4 is 29.0 Å². The van der Waals surface area contributed by atoms with Crippen LogP contribution in [0.3, 0.4) is 0 Å². The van der Waals surface area contributed by atoms with E-state index in [-0.39, 0.29) is 74.4 Å². The Labute approximate surface area is 473 Å². The maximum Gasteiger partial charge on any atom is 0.359 e. The van der Waals surface area contributed by atoms with Gasteiger partial charge in [-0.05, 0) is 124 Å². The normalized spacial score (nSPS) is 10.9. The van der Waals surface area contributed by atoms with Gasteiger partial charge >= 0.3 is 11.9 Å². The Balaban J connectivity index is 0.000000236. The maximum absolute atomic E-state index is 15.6. The van der Waals surface area contributed by atoms with E-state index < -0.39 is 23.6 Å². The van der Waals surface area contributed by atoms with Gasteiger partial charge in [-0.15, -0.1) is 0 Å². The zero-order chi connectivity index (χ0) is 57.8. The fourth-order valence-electron chi connectivity index (χ4n) is 8.69. The van der Waals surface area contributed by atoms with Gasteiger partial charge < -0.3 is 43.0 Å². The van der Waals surface area contributed by atoms with Gasteiger partial charge in [0.05, 0.1) is 76.5 Å². The Morgan fingerprint density at radius 1 is 0.588 bits per heavy atom. The molecule has 3 heterocycles. The van der Waals surface area contributed by atoms with Crippen molar-refractivity contribution >= 4 is 52.1 Å². The monoisotopic (exact) mass is 1130 g/mol. The van der Waals surface area contributed by atoms with Crippen molar-refractivity contribution in [1.29, 1.82) is 0 Å². The van der Waals surface area contributed by atoms with Crippen LogP contribution in [0.15, 0.2) is 78.9 Å². The van der Waals surface area contributed by atoms with Gasteiger partial charge in [0.15, 0.2) is 51.8 Å². The van der Waals surface area contributed by atoms with Crippen LogP contribution in [0.4, 0.5) is 14.6 Å². The van der Waals surface area contributed by atoms with E-state index in [1.165, 1.54) is 38.5 Å². The number of aryl methyl sites for hydroxylation is 5. The molecule has 0 saturated heterocycles. The minimum absolute atomic E-state index is 0.0105. The first-order valence-corrected chi connectivity index (χ1v) is 26.4. The molecule has 0 radical (unpaired) electrons. The molecule has 80 heavy (non-hydrogen) atoms. The number of nitrogens with zero attached hydrogens (tertiary/aromatic N) is 6. The number of imidazole rings is 1. The van der Waals surface area contributed by atoms with Crippen LogP contribution in [0, 0.1) is 39.3 Å². The van der Waals surface area contributed by atoms with Gasteiger partial charge in [0, 0.05) is 23.2 Å². The lowest BCUT2D eigenvalue weighted by atomic mass is 9.99. The molecule has 0 aliphatic carbocycles. The summed E-state index contributed by atoms with van der Waals surface area (Å²) in [5.74, 6) is 0.0947. The summed E-state index contributed by atoms with van der Waals surface area (Å²) in [5, 5.41) is 3.59. The molecule has 0 aliphatic heterocycles. The van der Waals surface area contributed by atoms with Gasteiger partial charge in [0.2, 0.25) is 0 Å². The molecule has 16 nitrogen and oxygen atoms in total. The smallest absolute Gasteiger partial charge is 0.359 e. The average Bonchev–Trinajstić information content (AvgIpc) is 3.77. The maximum atomic E-state index is 15.6. The SMILES string of the molecule is CCCOC(=O)c1nc(-c2ccc(Cl)c(OC)c2F)nc(NCc2ccc(C)cc2OC)c1CCc1ccc(OC)cc1C.CCCOC(=O)c1nc(-c2ccc(Cl)c(OC)c2F)nc2c1nc(C)n2Cc1ccc(C)cc1OC. The molecule has 8 aromatic rings. The Bertz CT molecular complexity index is 3560. The molecule has 0 atom stereocenters. The molecular formula is C60H63Cl2F2N7O9. The highest BCUT2D eigenvalue weighted by Gasteiger charge is 2.28. The molecular weight excluding hydrogens is 1070 g/mol. The summed E-state index contributed by atoms with van der Waals surface area (Å²) >= 11 is 12.2. The number of carbonyl (C=O) groups excluding carboxylic acids is 2. The van der Waals surface area contributed by atoms with E-state index in [4.69, 9.17) is 61.3 Å². The number of anilines is 1. The number of fused-ring (bicyclic) bond motifs is 1. The zero-order valence-electron chi connectivity index (χ0n) is 46.5. The molecule has 0 aliphatic rings. The first-order valence-electron chi connectivity index (χ1n) is 25.7. The standard InChI is InChI=1S/C34H37ClFN3O5.C26H26ClFN4O4/c1-7-16-44-34(40)30-26(13-11-22-10-12-24(41-4)18-21(22)3)32(37-19-23-9-8-20(2)17-28(23)42-5)39-33(38-30)25-14-15-27(35)31(43-6)29(25)36;1-6-11-36-26(33)22-21-25(31-24(30-22)17-9-10-18(27)23(35-5)20(17)28)32(15(3)29-21)13-16-8-7-14(2)12-19(16)34-4/h8-10,12,14-15,17-18H,7,11,13,16,19H2,1-6H3,(H,37,38,39);7-10,12H,6,11,13H2,1-5H3. The largest absolute Gasteiger partial charge is 0.497 e. The summed E-state index contributed by atoms with van der Waals surface area (Å²) < 4.78 is 70.4. The quantitative estimate of drug-likeness (QED) is 0.0671. The van der Waals surface area contributed by atoms with Crippen molar-refractivity contribution in [1.82, 2.24) is 29.5 Å². The Kier molecular flexibility index (Phi) is 20.2. The summed E-state index contributed by atoms with van der Waals surface area (Å²) in [5.41, 5.74) is 7.25. The van der Waals surface area contributed by atoms with Crippen LogP contribution in [0.5, 0.6) is 28.7 Å². The van der Waals surface area contributed by atoms with E-state index in [9.17, 15) is 9.59 Å². The van der Waals surface area contributed by atoms with Crippen LogP contribution >= 0.6 is 23.2 Å². The lowest BCUT2D eigenvalue weighted by Crippen LogP contribution is -2.17. The molecule has 5 aromatic carbocycles. The Hall–Kier alpha value is -8.09. The molecule has 8 rings (SSSR count). The molecule has 20 heteroatoms. The summed E-state index contributed by atoms with van der Waals surface area (Å²) in [6, 6.07) is 23.5. The molecule has 0 bridgehead atoms. The van der Waals surface area contributed by atoms with E-state index in [0.717, 1.165) is 39.1 Å². The highest BCUT2D eigenvalue weighted by molar-refractivity contribution is 6.32. The minimum Gasteiger partial charge on any atom is -0.497 e. The van der Waals surface area contributed by atoms with Gasteiger partial charge in [-0.2, -0.15) is 0 Å². The van der Waals surface area contributed by atoms with E-state index in [1.54, 1.807) is 28.3 Å². The molecule has 0 unspecified atom stereocenters. The molecule has 420 valence electrons. The van der Waals surface area contributed by atoms with Gasteiger partial charge in [0.1, 0.15) is 34.4 Å². The van der Waals surface area contributed by atoms with Crippen molar-refractivity contribution in [3.8, 4) is 51.5 Å². The third-order valence-electron chi connectivity index (χ3n) is 12.9. The number of halogens is 4. The predicted octanol–water partition coefficient (Wildman–Crippen LogP) is 13.1. The van der Waals surface area contributed by atoms with E-state index in [2.05, 4.69) is 25.3 Å². The highest BCUT2D eigenvalue weighted by Crippen LogP contribution is 2.37. The number of nitrogens with one attached hydrogen (secondary N) is 1. The number of esters is 2. The van der Waals surface area contributed by atoms with Crippen LogP contribution in [-0.4, -0.2) is 90.2 Å². The van der Waals surface area contributed by atoms with Gasteiger partial charge in [-0.1, -0.05) is 67.4 Å². The lowest BCUT2D eigenvalue weighted by Gasteiger charge is -2.18. The van der Waals surface area contributed by atoms with Crippen molar-refractivity contribution in [2.45, 2.75) is 80.3 Å². The molecule has 0 spiro atoms. The average molecular weight is 1140 g/mol. The number of methoxy groups -OCH3 is 5. The highest BCUT2D eigenvalue weighted by atomic mass is 35.5. The van der Waals surface area contributed by atoms with Crippen LogP contribution in [0.1, 0.15) is 92.4 Å². The van der Waals surface area contributed by atoms with Crippen molar-refractivity contribution < 1.29 is 51.5 Å². The van der Waals surface area contributed by atoms with Crippen molar-refractivity contribution in [3.63, 3.8) is 0 Å². The van der Waals surface area contributed by atoms with Crippen molar-refractivity contribution in [2.75, 3.05) is 54.1 Å². The van der Waals surface area contributed by atoms with E-state index in [1.807, 2.05) is 93.8 Å². The number of benzene rings is 5. The fourth-order valence-corrected chi connectivity index (χ4v) is 9.14. The molecule has 3 aromatic heterocycles. The number of carbonyl (C=O) groups is 2. The van der Waals surface area contributed by atoms with Crippen LogP contribution in [0.2, 0.25) is 10.0 Å². The minimum atomic E-state index is -0.736. The summed E-state index contributed by atoms with van der Waals surface area (Å²) in [6.07, 6.45) is 2.25. The fraction of sp³-hybridized carbons (Fsp3) is 0.317. The number of rotatable bonds is 21. The first kappa shape index (κ1) is 59.6. The van der Waals surface area contributed by atoms with Crippen LogP contribution in [-0.2, 0) is 35.4 Å². The molecule has 0 fully saturated rings. The number of hydrogen-bond donors (Lipinski definition) is 1. The zero-order valence-corrected chi connectivity index (χ0v) is 48.0. The summed E-state index contributed by atoms with van der Waals surface area (Å²) in [4.78, 5) is 49.3. The number of hydrogen-bond acceptors (Lipinski definition) is 15. The lowest BCUT2D eigenvalue weighted by molar-refractivity contribution is 0.0489. The third kappa shape index (κ3) is 13.5. The van der Waals surface area contributed by atoms with E-state index in [0.29, 0.717) is 73.1 Å². The predicted molar refractivity (Wildman–Crippen MR) is 304 cm³/mol. The second kappa shape index (κ2) is 27.2. The first-order chi connectivity index (χ1) is 38.5. The van der Waals surface area contributed by atoms with Gasteiger partial charge in [0.25, 0.3) is 0 Å². The van der Waals surface area contributed by atoms with E-state index >= 15 is 8.78 Å². The van der Waals surface area contributed by atoms with Crippen LogP contribution in [0.25, 0.3) is 33.9 Å². The molecule has 0 saturated carbocycles. The second-order valence-electron chi connectivity index (χ2n) is 18.5. The summed E-state index contributed by atoms with van der Waals surface area (Å²) in [6.45, 7) is 12.7. The number of ether oxygens (including phenoxy) is 7. The Morgan fingerprint density at radius 2 is 1.12 bits per heavy atom. The van der Waals surface area contributed by atoms with Crippen molar-refractivity contribution in [3.05, 3.63) is 157 Å². The number of aromatic nitrogens is 6. The Morgan fingerprint density at radius 3 is 1.68 bits per heavy atom. The summed E-state index contributed by atoms with van der Waals surface area (Å²) in [7, 11) is 7.49. The topological polar surface area (TPSA) is 180 Å². The second-order valence-corrected chi connectivity index (χ2v) is 19.3. The molecule has 0 amide bonds. The third-order valence-corrected chi connectivity index (χ3v) is 13.5. The van der Waals surface area contributed by atoms with Gasteiger partial charge in [-0.3, -0.25) is 0 Å². The van der Waals surface area contributed by atoms with Gasteiger partial charge in [-0.25, -0.2) is 43.3 Å².